The number of carboxylic acid groups (broad SMARTS) is 1. The Bertz CT molecular complexity index is 907. The van der Waals surface area contributed by atoms with Gasteiger partial charge in [0.05, 0.1) is 5.69 Å². The monoisotopic (exact) mass is 448 g/mol. The van der Waals surface area contributed by atoms with E-state index in [-0.39, 0.29) is 25.2 Å². The van der Waals surface area contributed by atoms with Gasteiger partial charge in [0, 0.05) is 31.5 Å². The van der Waals surface area contributed by atoms with Gasteiger partial charge in [-0.2, -0.15) is 0 Å². The van der Waals surface area contributed by atoms with Gasteiger partial charge < -0.3 is 25.0 Å². The van der Waals surface area contributed by atoms with E-state index in [4.69, 9.17) is 21.1 Å². The van der Waals surface area contributed by atoms with Gasteiger partial charge in [0.1, 0.15) is 36.4 Å². The van der Waals surface area contributed by atoms with Crippen LogP contribution in [0.4, 0.5) is 5.69 Å². The number of aliphatic hydroxyl groups excluding tert-OH is 1. The van der Waals surface area contributed by atoms with Crippen molar-refractivity contribution in [1.29, 1.82) is 0 Å². The third-order valence-electron chi connectivity index (χ3n) is 4.84. The maximum Gasteiger partial charge on any atom is 0.321 e. The minimum Gasteiger partial charge on any atom is -0.489 e. The molecule has 3 atom stereocenters. The maximum atomic E-state index is 11.7. The van der Waals surface area contributed by atoms with Crippen LogP contribution < -0.4 is 14.8 Å². The molecule has 1 fully saturated rings. The van der Waals surface area contributed by atoms with Crippen molar-refractivity contribution < 1.29 is 29.3 Å². The largest absolute Gasteiger partial charge is 0.489 e. The third kappa shape index (κ3) is 6.58. The fourth-order valence-corrected chi connectivity index (χ4v) is 3.63. The molecule has 166 valence electrons. The number of benzene rings is 2. The number of para-hydroxylation sites is 2. The number of ether oxygens (including phenoxy) is 2. The average molecular weight is 449 g/mol. The molecular weight excluding hydrogens is 424 g/mol. The lowest BCUT2D eigenvalue weighted by Crippen LogP contribution is -2.42. The molecule has 1 saturated heterocycles. The van der Waals surface area contributed by atoms with E-state index in [0.717, 1.165) is 0 Å². The topological polar surface area (TPSA) is 108 Å². The molecule has 1 amide bonds. The van der Waals surface area contributed by atoms with Crippen molar-refractivity contribution in [2.45, 2.75) is 31.6 Å². The van der Waals surface area contributed by atoms with Crippen molar-refractivity contribution in [1.82, 2.24) is 4.90 Å². The van der Waals surface area contributed by atoms with Crippen LogP contribution in [0.15, 0.2) is 48.5 Å². The Labute approximate surface area is 185 Å². The van der Waals surface area contributed by atoms with Crippen LogP contribution in [0.5, 0.6) is 11.5 Å². The second-order valence-corrected chi connectivity index (χ2v) is 7.82. The maximum absolute atomic E-state index is 11.7. The van der Waals surface area contributed by atoms with Gasteiger partial charge in [-0.25, -0.2) is 0 Å². The Hall–Kier alpha value is -2.81. The van der Waals surface area contributed by atoms with Crippen molar-refractivity contribution in [3.63, 3.8) is 0 Å². The molecule has 9 heteroatoms. The van der Waals surface area contributed by atoms with Crippen LogP contribution in [0.2, 0.25) is 5.02 Å². The van der Waals surface area contributed by atoms with Crippen LogP contribution in [0, 0.1) is 0 Å². The highest BCUT2D eigenvalue weighted by Gasteiger charge is 2.38. The summed E-state index contributed by atoms with van der Waals surface area (Å²) in [6, 6.07) is 13.0. The molecule has 0 aromatic heterocycles. The SMILES string of the molecule is CC(=O)Nc1ccccc1OC[C@@H](O)CN1CC(Oc2ccc(Cl)cc2)CC1C(=O)O. The molecule has 2 aromatic carbocycles. The number of likely N-dealkylation sites (tertiary alicyclic amines) is 1. The fraction of sp³-hybridized carbons (Fsp3) is 0.364. The molecule has 8 nitrogen and oxygen atoms in total. The second-order valence-electron chi connectivity index (χ2n) is 7.38. The van der Waals surface area contributed by atoms with E-state index in [1.54, 1.807) is 53.4 Å². The Kier molecular flexibility index (Phi) is 7.73. The number of carbonyl (C=O) groups is 2. The zero-order valence-corrected chi connectivity index (χ0v) is 17.8. The van der Waals surface area contributed by atoms with Crippen LogP contribution >= 0.6 is 11.6 Å². The number of nitrogens with one attached hydrogen (secondary N) is 1. The van der Waals surface area contributed by atoms with Gasteiger partial charge in [-0.15, -0.1) is 0 Å². The number of halogens is 1. The Morgan fingerprint density at radius 1 is 1.23 bits per heavy atom. The van der Waals surface area contributed by atoms with Crippen molar-refractivity contribution in [3.8, 4) is 11.5 Å². The number of nitrogens with zero attached hydrogens (tertiary/aromatic N) is 1. The van der Waals surface area contributed by atoms with Gasteiger partial charge in [-0.05, 0) is 36.4 Å². The Balaban J connectivity index is 1.56. The fourth-order valence-electron chi connectivity index (χ4n) is 3.51. The molecule has 3 rings (SSSR count). The minimum atomic E-state index is -0.966. The molecule has 0 spiro atoms. The van der Waals surface area contributed by atoms with Gasteiger partial charge in [-0.1, -0.05) is 23.7 Å². The zero-order chi connectivity index (χ0) is 22.4. The minimum absolute atomic E-state index is 0.0534. The first kappa shape index (κ1) is 22.9. The molecule has 1 aliphatic heterocycles. The molecular formula is C22H25ClN2O6. The molecule has 1 heterocycles. The van der Waals surface area contributed by atoms with Crippen molar-refractivity contribution in [2.75, 3.05) is 25.0 Å². The van der Waals surface area contributed by atoms with Crippen LogP contribution in [0.3, 0.4) is 0 Å². The summed E-state index contributed by atoms with van der Waals surface area (Å²) < 4.78 is 11.5. The molecule has 3 N–H and O–H groups in total. The van der Waals surface area contributed by atoms with Crippen molar-refractivity contribution >= 4 is 29.2 Å². The number of hydrogen-bond donors (Lipinski definition) is 3. The summed E-state index contributed by atoms with van der Waals surface area (Å²) in [5, 5.41) is 23.3. The standard InChI is InChI=1S/C22H25ClN2O6/c1-14(26)24-19-4-2-3-5-21(19)30-13-16(27)11-25-12-18(10-20(25)22(28)29)31-17-8-6-15(23)7-9-17/h2-9,16,18,20,27H,10-13H2,1H3,(H,24,26)(H,28,29)/t16-,18?,20?/m0/s1. The molecule has 31 heavy (non-hydrogen) atoms. The summed E-state index contributed by atoms with van der Waals surface area (Å²) in [4.78, 5) is 24.7. The van der Waals surface area contributed by atoms with Crippen LogP contribution in [-0.4, -0.2) is 64.9 Å². The summed E-state index contributed by atoms with van der Waals surface area (Å²) in [7, 11) is 0. The highest BCUT2D eigenvalue weighted by atomic mass is 35.5. The van der Waals surface area contributed by atoms with Gasteiger partial charge >= 0.3 is 5.97 Å². The highest BCUT2D eigenvalue weighted by Crippen LogP contribution is 2.26. The van der Waals surface area contributed by atoms with Gasteiger partial charge in [0.25, 0.3) is 0 Å². The summed E-state index contributed by atoms with van der Waals surface area (Å²) >= 11 is 5.88. The average Bonchev–Trinajstić information content (AvgIpc) is 3.11. The number of rotatable bonds is 9. The van der Waals surface area contributed by atoms with E-state index >= 15 is 0 Å². The molecule has 0 saturated carbocycles. The summed E-state index contributed by atoms with van der Waals surface area (Å²) in [6.45, 7) is 1.81. The normalized spacial score (nSPS) is 19.6. The van der Waals surface area contributed by atoms with E-state index in [2.05, 4.69) is 5.32 Å². The van der Waals surface area contributed by atoms with Gasteiger partial charge in [0.2, 0.25) is 5.91 Å². The van der Waals surface area contributed by atoms with E-state index in [1.807, 2.05) is 0 Å². The number of aliphatic carboxylic acids is 1. The first-order chi connectivity index (χ1) is 14.8. The number of carboxylic acids is 1. The van der Waals surface area contributed by atoms with Gasteiger partial charge in [0.15, 0.2) is 0 Å². The lowest BCUT2D eigenvalue weighted by atomic mass is 10.2. The number of carbonyl (C=O) groups excluding carboxylic acids is 1. The van der Waals surface area contributed by atoms with E-state index in [0.29, 0.717) is 35.2 Å². The van der Waals surface area contributed by atoms with E-state index in [1.165, 1.54) is 6.92 Å². The predicted molar refractivity (Wildman–Crippen MR) is 116 cm³/mol. The van der Waals surface area contributed by atoms with Crippen LogP contribution in [0.1, 0.15) is 13.3 Å². The first-order valence-electron chi connectivity index (χ1n) is 9.88. The lowest BCUT2D eigenvalue weighted by Gasteiger charge is -2.24. The number of hydrogen-bond acceptors (Lipinski definition) is 6. The number of aliphatic hydroxyl groups is 1. The predicted octanol–water partition coefficient (Wildman–Crippen LogP) is 2.64. The number of amides is 1. The summed E-state index contributed by atoms with van der Waals surface area (Å²) in [6.07, 6.45) is -0.950. The van der Waals surface area contributed by atoms with Gasteiger partial charge in [-0.3, -0.25) is 14.5 Å². The number of anilines is 1. The molecule has 2 aromatic rings. The Morgan fingerprint density at radius 3 is 2.61 bits per heavy atom. The quantitative estimate of drug-likeness (QED) is 0.541. The summed E-state index contributed by atoms with van der Waals surface area (Å²) in [5.74, 6) is -0.160. The lowest BCUT2D eigenvalue weighted by molar-refractivity contribution is -0.142. The van der Waals surface area contributed by atoms with Crippen molar-refractivity contribution in [3.05, 3.63) is 53.6 Å². The van der Waals surface area contributed by atoms with Crippen LogP contribution in [0.25, 0.3) is 0 Å². The molecule has 0 bridgehead atoms. The molecule has 0 radical (unpaired) electrons. The van der Waals surface area contributed by atoms with Crippen LogP contribution in [-0.2, 0) is 9.59 Å². The van der Waals surface area contributed by atoms with Crippen molar-refractivity contribution in [2.24, 2.45) is 0 Å². The zero-order valence-electron chi connectivity index (χ0n) is 17.0. The second kappa shape index (κ2) is 10.5. The van der Waals surface area contributed by atoms with E-state index < -0.39 is 18.1 Å². The first-order valence-corrected chi connectivity index (χ1v) is 10.3. The highest BCUT2D eigenvalue weighted by molar-refractivity contribution is 6.30. The number of β-amino-alcohol motifs (C(OH)–C–C–N with tert-alkyl or cyclic N) is 1. The third-order valence-corrected chi connectivity index (χ3v) is 5.09. The van der Waals surface area contributed by atoms with E-state index in [9.17, 15) is 19.8 Å². The smallest absolute Gasteiger partial charge is 0.321 e. The molecule has 0 aliphatic carbocycles. The summed E-state index contributed by atoms with van der Waals surface area (Å²) in [5.41, 5.74) is 0.503. The molecule has 2 unspecified atom stereocenters. The molecule has 1 aliphatic rings. The Morgan fingerprint density at radius 2 is 1.94 bits per heavy atom.